The van der Waals surface area contributed by atoms with Crippen LogP contribution in [0.3, 0.4) is 0 Å². The average molecular weight is 288 g/mol. The van der Waals surface area contributed by atoms with Crippen molar-refractivity contribution in [3.8, 4) is 0 Å². The molecule has 0 aromatic heterocycles. The molecular weight excluding hydrogens is 256 g/mol. The van der Waals surface area contributed by atoms with E-state index in [1.807, 2.05) is 0 Å². The summed E-state index contributed by atoms with van der Waals surface area (Å²) in [5, 5.41) is 3.45. The second-order valence-electron chi connectivity index (χ2n) is 7.33. The molecule has 1 aromatic rings. The van der Waals surface area contributed by atoms with Crippen LogP contribution in [0.15, 0.2) is 24.3 Å². The predicted octanol–water partition coefficient (Wildman–Crippen LogP) is 3.84. The molecule has 1 aliphatic rings. The van der Waals surface area contributed by atoms with Crippen LogP contribution >= 0.6 is 0 Å². The third kappa shape index (κ3) is 4.55. The van der Waals surface area contributed by atoms with E-state index in [-0.39, 0.29) is 0 Å². The summed E-state index contributed by atoms with van der Waals surface area (Å²) in [6.45, 7) is 8.05. The first-order valence-electron chi connectivity index (χ1n) is 8.42. The molecule has 0 heterocycles. The summed E-state index contributed by atoms with van der Waals surface area (Å²) in [6, 6.07) is 8.77. The van der Waals surface area contributed by atoms with Gasteiger partial charge < -0.3 is 10.2 Å². The van der Waals surface area contributed by atoms with E-state index >= 15 is 0 Å². The van der Waals surface area contributed by atoms with Gasteiger partial charge in [0.2, 0.25) is 0 Å². The van der Waals surface area contributed by atoms with E-state index < -0.39 is 0 Å². The monoisotopic (exact) mass is 288 g/mol. The van der Waals surface area contributed by atoms with Crippen molar-refractivity contribution in [1.82, 2.24) is 10.2 Å². The first kappa shape index (κ1) is 16.5. The van der Waals surface area contributed by atoms with E-state index in [0.717, 1.165) is 19.0 Å². The second kappa shape index (κ2) is 7.42. The van der Waals surface area contributed by atoms with E-state index in [2.05, 4.69) is 62.4 Å². The lowest BCUT2D eigenvalue weighted by Crippen LogP contribution is -2.44. The lowest BCUT2D eigenvalue weighted by molar-refractivity contribution is 0.0909. The van der Waals surface area contributed by atoms with Gasteiger partial charge in [-0.25, -0.2) is 0 Å². The molecule has 0 saturated heterocycles. The van der Waals surface area contributed by atoms with Crippen LogP contribution in [-0.2, 0) is 6.54 Å². The molecule has 0 amide bonds. The number of rotatable bonds is 6. The SMILES string of the molecule is CNCC1(CN(C)Cc2ccccc2C)CCCC(C)C1. The fraction of sp³-hybridized carbons (Fsp3) is 0.684. The van der Waals surface area contributed by atoms with Gasteiger partial charge in [0.05, 0.1) is 0 Å². The fourth-order valence-corrected chi connectivity index (χ4v) is 4.21. The third-order valence-corrected chi connectivity index (χ3v) is 5.04. The minimum atomic E-state index is 0.462. The van der Waals surface area contributed by atoms with Gasteiger partial charge in [-0.3, -0.25) is 0 Å². The fourth-order valence-electron chi connectivity index (χ4n) is 4.21. The minimum Gasteiger partial charge on any atom is -0.319 e. The van der Waals surface area contributed by atoms with Crippen LogP contribution in [0, 0.1) is 18.3 Å². The Morgan fingerprint density at radius 1 is 1.33 bits per heavy atom. The van der Waals surface area contributed by atoms with Crippen LogP contribution in [0.2, 0.25) is 0 Å². The zero-order valence-electron chi connectivity index (χ0n) is 14.3. The maximum atomic E-state index is 3.45. The highest BCUT2D eigenvalue weighted by Gasteiger charge is 2.35. The molecule has 0 bridgehead atoms. The molecule has 0 aliphatic heterocycles. The zero-order chi connectivity index (χ0) is 15.3. The molecule has 0 spiro atoms. The molecule has 21 heavy (non-hydrogen) atoms. The van der Waals surface area contributed by atoms with Crippen LogP contribution in [0.4, 0.5) is 0 Å². The Bertz CT molecular complexity index is 439. The number of nitrogens with zero attached hydrogens (tertiary/aromatic N) is 1. The molecule has 2 atom stereocenters. The predicted molar refractivity (Wildman–Crippen MR) is 91.5 cm³/mol. The molecule has 1 fully saturated rings. The highest BCUT2D eigenvalue weighted by atomic mass is 15.1. The molecular formula is C19H32N2. The Morgan fingerprint density at radius 3 is 2.76 bits per heavy atom. The van der Waals surface area contributed by atoms with Crippen LogP contribution in [-0.4, -0.2) is 32.1 Å². The second-order valence-corrected chi connectivity index (χ2v) is 7.33. The lowest BCUT2D eigenvalue weighted by Gasteiger charge is -2.42. The van der Waals surface area contributed by atoms with Gasteiger partial charge in [-0.2, -0.15) is 0 Å². The highest BCUT2D eigenvalue weighted by molar-refractivity contribution is 5.25. The molecule has 1 N–H and O–H groups in total. The van der Waals surface area contributed by atoms with E-state index in [4.69, 9.17) is 0 Å². The summed E-state index contributed by atoms with van der Waals surface area (Å²) in [5.74, 6) is 0.874. The van der Waals surface area contributed by atoms with Crippen LogP contribution in [0.1, 0.15) is 43.7 Å². The maximum Gasteiger partial charge on any atom is 0.0233 e. The average Bonchev–Trinajstić information content (AvgIpc) is 2.41. The van der Waals surface area contributed by atoms with E-state index in [0.29, 0.717) is 5.41 Å². The van der Waals surface area contributed by atoms with Gasteiger partial charge in [-0.1, -0.05) is 44.0 Å². The maximum absolute atomic E-state index is 3.45. The summed E-state index contributed by atoms with van der Waals surface area (Å²) >= 11 is 0. The normalized spacial score (nSPS) is 26.2. The standard InChI is InChI=1S/C19H32N2/c1-16-8-7-11-19(12-16,14-20-3)15-21(4)13-18-10-6-5-9-17(18)2/h5-6,9-10,16,20H,7-8,11-15H2,1-4H3. The van der Waals surface area contributed by atoms with Gasteiger partial charge in [0.25, 0.3) is 0 Å². The van der Waals surface area contributed by atoms with Crippen molar-refractivity contribution in [2.75, 3.05) is 27.2 Å². The third-order valence-electron chi connectivity index (χ3n) is 5.04. The van der Waals surface area contributed by atoms with Crippen LogP contribution in [0.25, 0.3) is 0 Å². The first-order valence-corrected chi connectivity index (χ1v) is 8.42. The van der Waals surface area contributed by atoms with Crippen molar-refractivity contribution in [3.63, 3.8) is 0 Å². The minimum absolute atomic E-state index is 0.462. The van der Waals surface area contributed by atoms with Gasteiger partial charge >= 0.3 is 0 Å². The topological polar surface area (TPSA) is 15.3 Å². The molecule has 0 radical (unpaired) electrons. The molecule has 2 heteroatoms. The Labute approximate surface area is 130 Å². The number of hydrogen-bond donors (Lipinski definition) is 1. The highest BCUT2D eigenvalue weighted by Crippen LogP contribution is 2.39. The van der Waals surface area contributed by atoms with Crippen molar-refractivity contribution in [2.45, 2.75) is 46.1 Å². The Hall–Kier alpha value is -0.860. The number of nitrogens with one attached hydrogen (secondary N) is 1. The van der Waals surface area contributed by atoms with E-state index in [9.17, 15) is 0 Å². The summed E-state index contributed by atoms with van der Waals surface area (Å²) in [4.78, 5) is 2.53. The quantitative estimate of drug-likeness (QED) is 0.855. The molecule has 118 valence electrons. The van der Waals surface area contributed by atoms with Gasteiger partial charge in [0.15, 0.2) is 0 Å². The Kier molecular flexibility index (Phi) is 5.83. The van der Waals surface area contributed by atoms with Crippen LogP contribution < -0.4 is 5.32 Å². The number of benzene rings is 1. The molecule has 2 rings (SSSR count). The summed E-state index contributed by atoms with van der Waals surface area (Å²) in [7, 11) is 4.38. The smallest absolute Gasteiger partial charge is 0.0233 e. The van der Waals surface area contributed by atoms with Crippen LogP contribution in [0.5, 0.6) is 0 Å². The van der Waals surface area contributed by atoms with Gasteiger partial charge in [-0.15, -0.1) is 0 Å². The molecule has 1 aliphatic carbocycles. The van der Waals surface area contributed by atoms with Crippen molar-refractivity contribution in [2.24, 2.45) is 11.3 Å². The number of aryl methyl sites for hydroxylation is 1. The van der Waals surface area contributed by atoms with E-state index in [1.54, 1.807) is 0 Å². The van der Waals surface area contributed by atoms with E-state index in [1.165, 1.54) is 43.4 Å². The summed E-state index contributed by atoms with van der Waals surface area (Å²) in [5.41, 5.74) is 3.33. The molecule has 1 saturated carbocycles. The molecule has 2 nitrogen and oxygen atoms in total. The van der Waals surface area contributed by atoms with Crippen molar-refractivity contribution in [3.05, 3.63) is 35.4 Å². The Balaban J connectivity index is 2.01. The van der Waals surface area contributed by atoms with Gasteiger partial charge in [-0.05, 0) is 56.3 Å². The Morgan fingerprint density at radius 2 is 2.10 bits per heavy atom. The van der Waals surface area contributed by atoms with Gasteiger partial charge in [0, 0.05) is 19.6 Å². The number of hydrogen-bond acceptors (Lipinski definition) is 2. The molecule has 1 aromatic carbocycles. The lowest BCUT2D eigenvalue weighted by atomic mass is 9.69. The zero-order valence-corrected chi connectivity index (χ0v) is 14.3. The van der Waals surface area contributed by atoms with Crippen molar-refractivity contribution >= 4 is 0 Å². The first-order chi connectivity index (χ1) is 10.0. The van der Waals surface area contributed by atoms with Crippen molar-refractivity contribution in [1.29, 1.82) is 0 Å². The van der Waals surface area contributed by atoms with Crippen molar-refractivity contribution < 1.29 is 0 Å². The summed E-state index contributed by atoms with van der Waals surface area (Å²) < 4.78 is 0. The van der Waals surface area contributed by atoms with Gasteiger partial charge in [0.1, 0.15) is 0 Å². The largest absolute Gasteiger partial charge is 0.319 e. The summed E-state index contributed by atoms with van der Waals surface area (Å²) in [6.07, 6.45) is 5.54. The molecule has 2 unspecified atom stereocenters.